The third-order valence-electron chi connectivity index (χ3n) is 3.56. The van der Waals surface area contributed by atoms with Gasteiger partial charge in [-0.25, -0.2) is 0 Å². The Morgan fingerprint density at radius 2 is 1.41 bits per heavy atom. The first-order valence-electron chi connectivity index (χ1n) is 7.50. The summed E-state index contributed by atoms with van der Waals surface area (Å²) >= 11 is 0. The monoisotopic (exact) mass is 297 g/mol. The van der Waals surface area contributed by atoms with Gasteiger partial charge < -0.3 is 16.4 Å². The van der Waals surface area contributed by atoms with Gasteiger partial charge in [-0.15, -0.1) is 0 Å². The normalized spacial score (nSPS) is 12.0. The Morgan fingerprint density at radius 1 is 0.909 bits per heavy atom. The van der Waals surface area contributed by atoms with Crippen LogP contribution < -0.4 is 16.4 Å². The number of carbonyl (C=O) groups is 1. The van der Waals surface area contributed by atoms with Gasteiger partial charge in [0.15, 0.2) is 0 Å². The van der Waals surface area contributed by atoms with Gasteiger partial charge in [0.25, 0.3) is 0 Å². The van der Waals surface area contributed by atoms with E-state index in [4.69, 9.17) is 5.73 Å². The molecule has 4 heteroatoms. The average Bonchev–Trinajstić information content (AvgIpc) is 2.54. The van der Waals surface area contributed by atoms with Gasteiger partial charge in [-0.3, -0.25) is 4.79 Å². The Labute approximate surface area is 131 Å². The molecule has 2 aromatic carbocycles. The summed E-state index contributed by atoms with van der Waals surface area (Å²) in [6.45, 7) is 4.10. The van der Waals surface area contributed by atoms with Crippen molar-refractivity contribution in [2.75, 3.05) is 0 Å². The molecule has 116 valence electrons. The van der Waals surface area contributed by atoms with E-state index in [1.54, 1.807) is 6.92 Å². The predicted molar refractivity (Wildman–Crippen MR) is 88.9 cm³/mol. The van der Waals surface area contributed by atoms with E-state index in [2.05, 4.69) is 47.0 Å². The minimum atomic E-state index is -0.332. The number of nitrogens with one attached hydrogen (secondary N) is 2. The number of hydrogen-bond acceptors (Lipinski definition) is 3. The number of benzene rings is 2. The molecular weight excluding hydrogens is 274 g/mol. The second kappa shape index (κ2) is 8.32. The van der Waals surface area contributed by atoms with Crippen LogP contribution in [0, 0.1) is 0 Å². The molecule has 1 atom stereocenters. The zero-order chi connectivity index (χ0) is 15.8. The molecule has 0 radical (unpaired) electrons. The van der Waals surface area contributed by atoms with Crippen LogP contribution in [0.4, 0.5) is 0 Å². The lowest BCUT2D eigenvalue weighted by atomic mass is 10.1. The molecular formula is C18H23N3O. The molecule has 0 aromatic heterocycles. The molecule has 4 nitrogen and oxygen atoms in total. The van der Waals surface area contributed by atoms with Crippen LogP contribution in [0.5, 0.6) is 0 Å². The van der Waals surface area contributed by atoms with Crippen LogP contribution in [0.25, 0.3) is 0 Å². The molecule has 1 amide bonds. The molecule has 0 aliphatic rings. The van der Waals surface area contributed by atoms with E-state index in [9.17, 15) is 4.79 Å². The number of hydrogen-bond donors (Lipinski definition) is 3. The van der Waals surface area contributed by atoms with E-state index in [0.717, 1.165) is 18.7 Å². The van der Waals surface area contributed by atoms with E-state index < -0.39 is 0 Å². The number of amides is 1. The molecule has 22 heavy (non-hydrogen) atoms. The van der Waals surface area contributed by atoms with Gasteiger partial charge in [0, 0.05) is 19.6 Å². The molecule has 0 spiro atoms. The molecule has 2 rings (SSSR count). The predicted octanol–water partition coefficient (Wildman–Crippen LogP) is 1.94. The Bertz CT molecular complexity index is 581. The minimum Gasteiger partial charge on any atom is -0.368 e. The van der Waals surface area contributed by atoms with Crippen molar-refractivity contribution in [3.05, 3.63) is 71.3 Å². The van der Waals surface area contributed by atoms with E-state index in [1.807, 2.05) is 18.2 Å². The van der Waals surface area contributed by atoms with Crippen molar-refractivity contribution in [2.24, 2.45) is 5.73 Å². The van der Waals surface area contributed by atoms with Crippen LogP contribution in [-0.2, 0) is 24.4 Å². The van der Waals surface area contributed by atoms with E-state index in [1.165, 1.54) is 11.1 Å². The summed E-state index contributed by atoms with van der Waals surface area (Å²) in [6.07, 6.45) is 0. The average molecular weight is 297 g/mol. The van der Waals surface area contributed by atoms with Crippen LogP contribution in [0.3, 0.4) is 0 Å². The lowest BCUT2D eigenvalue weighted by Gasteiger charge is -2.10. The Kier molecular flexibility index (Phi) is 6.13. The fourth-order valence-electron chi connectivity index (χ4n) is 2.09. The van der Waals surface area contributed by atoms with Crippen LogP contribution in [0.1, 0.15) is 23.6 Å². The fraction of sp³-hybridized carbons (Fsp3) is 0.278. The molecule has 0 aliphatic carbocycles. The molecule has 2 aromatic rings. The summed E-state index contributed by atoms with van der Waals surface area (Å²) < 4.78 is 0. The number of rotatable bonds is 8. The first-order chi connectivity index (χ1) is 10.6. The van der Waals surface area contributed by atoms with Crippen LogP contribution >= 0.6 is 0 Å². The highest BCUT2D eigenvalue weighted by Crippen LogP contribution is 2.05. The molecule has 4 N–H and O–H groups in total. The maximum atomic E-state index is 11.0. The summed E-state index contributed by atoms with van der Waals surface area (Å²) in [7, 11) is 0. The molecule has 0 heterocycles. The second-order valence-corrected chi connectivity index (χ2v) is 5.41. The minimum absolute atomic E-state index is 0.313. The Balaban J connectivity index is 1.76. The zero-order valence-corrected chi connectivity index (χ0v) is 12.9. The number of nitrogens with two attached hydrogens (primary N) is 1. The van der Waals surface area contributed by atoms with E-state index in [0.29, 0.717) is 6.54 Å². The topological polar surface area (TPSA) is 67.2 Å². The van der Waals surface area contributed by atoms with Crippen molar-refractivity contribution in [1.29, 1.82) is 0 Å². The first kappa shape index (κ1) is 16.2. The van der Waals surface area contributed by atoms with Crippen molar-refractivity contribution >= 4 is 5.91 Å². The van der Waals surface area contributed by atoms with Gasteiger partial charge in [-0.1, -0.05) is 54.6 Å². The van der Waals surface area contributed by atoms with Crippen molar-refractivity contribution in [2.45, 2.75) is 32.6 Å². The SMILES string of the molecule is CC(NCc1ccc(CNCc2ccccc2)cc1)C(N)=O. The summed E-state index contributed by atoms with van der Waals surface area (Å²) in [5.74, 6) is -0.332. The summed E-state index contributed by atoms with van der Waals surface area (Å²) in [4.78, 5) is 11.0. The van der Waals surface area contributed by atoms with Gasteiger partial charge in [0.1, 0.15) is 0 Å². The largest absolute Gasteiger partial charge is 0.368 e. The Morgan fingerprint density at radius 3 is 1.95 bits per heavy atom. The van der Waals surface area contributed by atoms with Gasteiger partial charge in [0.2, 0.25) is 5.91 Å². The fourth-order valence-corrected chi connectivity index (χ4v) is 2.09. The van der Waals surface area contributed by atoms with Gasteiger partial charge in [-0.05, 0) is 23.6 Å². The zero-order valence-electron chi connectivity index (χ0n) is 12.9. The van der Waals surface area contributed by atoms with Gasteiger partial charge >= 0.3 is 0 Å². The van der Waals surface area contributed by atoms with E-state index >= 15 is 0 Å². The van der Waals surface area contributed by atoms with Crippen LogP contribution in [-0.4, -0.2) is 11.9 Å². The lowest BCUT2D eigenvalue weighted by Crippen LogP contribution is -2.38. The van der Waals surface area contributed by atoms with E-state index in [-0.39, 0.29) is 11.9 Å². The highest BCUT2D eigenvalue weighted by Gasteiger charge is 2.06. The standard InChI is InChI=1S/C18H23N3O/c1-14(18(19)22)21-13-17-9-7-16(8-10-17)12-20-11-15-5-3-2-4-6-15/h2-10,14,20-21H,11-13H2,1H3,(H2,19,22). The third kappa shape index (κ3) is 5.31. The van der Waals surface area contributed by atoms with Crippen LogP contribution in [0.2, 0.25) is 0 Å². The highest BCUT2D eigenvalue weighted by atomic mass is 16.1. The lowest BCUT2D eigenvalue weighted by molar-refractivity contribution is -0.119. The van der Waals surface area contributed by atoms with Crippen molar-refractivity contribution in [1.82, 2.24) is 10.6 Å². The maximum absolute atomic E-state index is 11.0. The molecule has 0 fully saturated rings. The van der Waals surface area contributed by atoms with Crippen molar-refractivity contribution in [3.8, 4) is 0 Å². The van der Waals surface area contributed by atoms with Crippen molar-refractivity contribution in [3.63, 3.8) is 0 Å². The highest BCUT2D eigenvalue weighted by molar-refractivity contribution is 5.79. The molecule has 0 bridgehead atoms. The first-order valence-corrected chi connectivity index (χ1v) is 7.50. The van der Waals surface area contributed by atoms with Crippen LogP contribution in [0.15, 0.2) is 54.6 Å². The number of primary amides is 1. The summed E-state index contributed by atoms with van der Waals surface area (Å²) in [5.41, 5.74) is 8.88. The molecule has 0 saturated heterocycles. The van der Waals surface area contributed by atoms with Crippen molar-refractivity contribution < 1.29 is 4.79 Å². The molecule has 0 aliphatic heterocycles. The van der Waals surface area contributed by atoms with Gasteiger partial charge in [-0.2, -0.15) is 0 Å². The Hall–Kier alpha value is -2.17. The number of carbonyl (C=O) groups excluding carboxylic acids is 1. The molecule has 1 unspecified atom stereocenters. The third-order valence-corrected chi connectivity index (χ3v) is 3.56. The smallest absolute Gasteiger partial charge is 0.234 e. The quantitative estimate of drug-likeness (QED) is 0.697. The maximum Gasteiger partial charge on any atom is 0.234 e. The molecule has 0 saturated carbocycles. The van der Waals surface area contributed by atoms with Gasteiger partial charge in [0.05, 0.1) is 6.04 Å². The second-order valence-electron chi connectivity index (χ2n) is 5.41. The summed E-state index contributed by atoms with van der Waals surface area (Å²) in [6, 6.07) is 18.4. The summed E-state index contributed by atoms with van der Waals surface area (Å²) in [5, 5.41) is 6.52.